The second kappa shape index (κ2) is 6.39. The molecule has 1 amide bonds. The highest BCUT2D eigenvalue weighted by molar-refractivity contribution is 5.93. The quantitative estimate of drug-likeness (QED) is 0.765. The number of tetrazole rings is 1. The van der Waals surface area contributed by atoms with E-state index in [1.165, 1.54) is 12.4 Å². The fourth-order valence-corrected chi connectivity index (χ4v) is 2.59. The minimum absolute atomic E-state index is 0.252. The molecule has 1 fully saturated rings. The summed E-state index contributed by atoms with van der Waals surface area (Å²) < 4.78 is 1.79. The molecule has 1 atom stereocenters. The lowest BCUT2D eigenvalue weighted by molar-refractivity contribution is 0.0936. The van der Waals surface area contributed by atoms with Gasteiger partial charge in [-0.3, -0.25) is 4.79 Å². The van der Waals surface area contributed by atoms with Gasteiger partial charge in [-0.2, -0.15) is 0 Å². The molecule has 0 bridgehead atoms. The van der Waals surface area contributed by atoms with E-state index in [1.807, 2.05) is 37.3 Å². The Labute approximate surface area is 144 Å². The second-order valence-electron chi connectivity index (χ2n) is 6.07. The molecular weight excluding hydrogens is 318 g/mol. The van der Waals surface area contributed by atoms with Gasteiger partial charge in [0.15, 0.2) is 11.6 Å². The number of nitrogens with one attached hydrogen (secondary N) is 1. The topological polar surface area (TPSA) is 98.5 Å². The van der Waals surface area contributed by atoms with E-state index in [-0.39, 0.29) is 11.9 Å². The van der Waals surface area contributed by atoms with Gasteiger partial charge < -0.3 is 5.32 Å². The van der Waals surface area contributed by atoms with Crippen LogP contribution in [-0.4, -0.2) is 36.1 Å². The van der Waals surface area contributed by atoms with Gasteiger partial charge in [-0.05, 0) is 30.2 Å². The molecule has 1 aliphatic carbocycles. The first kappa shape index (κ1) is 15.4. The average molecular weight is 335 g/mol. The zero-order valence-electron chi connectivity index (χ0n) is 13.7. The smallest absolute Gasteiger partial charge is 0.254 e. The molecule has 0 spiro atoms. The third-order valence-electron chi connectivity index (χ3n) is 4.09. The predicted octanol–water partition coefficient (Wildman–Crippen LogP) is 1.96. The maximum atomic E-state index is 12.4. The van der Waals surface area contributed by atoms with Crippen molar-refractivity contribution in [1.82, 2.24) is 35.5 Å². The number of benzene rings is 1. The number of carbonyl (C=O) groups is 1. The fourth-order valence-electron chi connectivity index (χ4n) is 2.59. The molecule has 0 unspecified atom stereocenters. The van der Waals surface area contributed by atoms with Crippen molar-refractivity contribution < 1.29 is 4.79 Å². The minimum Gasteiger partial charge on any atom is -0.342 e. The molecule has 1 N–H and O–H groups in total. The van der Waals surface area contributed by atoms with Crippen LogP contribution in [0.4, 0.5) is 0 Å². The molecule has 0 aliphatic heterocycles. The molecule has 4 rings (SSSR count). The zero-order chi connectivity index (χ0) is 17.2. The van der Waals surface area contributed by atoms with Crippen molar-refractivity contribution in [2.24, 2.45) is 0 Å². The maximum absolute atomic E-state index is 12.4. The first-order valence-electron chi connectivity index (χ1n) is 8.18. The van der Waals surface area contributed by atoms with Crippen molar-refractivity contribution in [1.29, 1.82) is 0 Å². The summed E-state index contributed by atoms with van der Waals surface area (Å²) >= 11 is 0. The number of hydrogen-bond acceptors (Lipinski definition) is 6. The molecule has 2 aromatic heterocycles. The summed E-state index contributed by atoms with van der Waals surface area (Å²) in [5.41, 5.74) is 1.31. The van der Waals surface area contributed by atoms with E-state index in [9.17, 15) is 4.79 Å². The third-order valence-corrected chi connectivity index (χ3v) is 4.09. The number of carbonyl (C=O) groups excluding carboxylic acids is 1. The summed E-state index contributed by atoms with van der Waals surface area (Å²) in [6.07, 6.45) is 5.21. The van der Waals surface area contributed by atoms with Crippen LogP contribution in [0.15, 0.2) is 42.7 Å². The van der Waals surface area contributed by atoms with Crippen LogP contribution < -0.4 is 5.32 Å². The third kappa shape index (κ3) is 3.23. The lowest BCUT2D eigenvalue weighted by Gasteiger charge is -2.13. The van der Waals surface area contributed by atoms with Gasteiger partial charge in [0.2, 0.25) is 0 Å². The van der Waals surface area contributed by atoms with Crippen LogP contribution in [0.3, 0.4) is 0 Å². The SMILES string of the molecule is C[C@H](NC(=O)c1cnc(-c2ccccc2)nc1)c1nnnn1C1CC1. The van der Waals surface area contributed by atoms with Crippen molar-refractivity contribution in [3.63, 3.8) is 0 Å². The van der Waals surface area contributed by atoms with Gasteiger partial charge in [0.25, 0.3) is 5.91 Å². The molecule has 8 heteroatoms. The highest BCUT2D eigenvalue weighted by Crippen LogP contribution is 2.35. The van der Waals surface area contributed by atoms with Crippen LogP contribution >= 0.6 is 0 Å². The van der Waals surface area contributed by atoms with E-state index < -0.39 is 0 Å². The van der Waals surface area contributed by atoms with Gasteiger partial charge in [0, 0.05) is 18.0 Å². The van der Waals surface area contributed by atoms with Crippen LogP contribution in [0.1, 0.15) is 48.0 Å². The number of hydrogen-bond donors (Lipinski definition) is 1. The summed E-state index contributed by atoms with van der Waals surface area (Å²) in [4.78, 5) is 21.0. The Morgan fingerprint density at radius 1 is 1.20 bits per heavy atom. The molecule has 8 nitrogen and oxygen atoms in total. The number of nitrogens with zero attached hydrogens (tertiary/aromatic N) is 6. The van der Waals surface area contributed by atoms with Crippen LogP contribution in [0.5, 0.6) is 0 Å². The Morgan fingerprint density at radius 2 is 1.92 bits per heavy atom. The minimum atomic E-state index is -0.295. The Morgan fingerprint density at radius 3 is 2.60 bits per heavy atom. The summed E-state index contributed by atoms with van der Waals surface area (Å²) in [6.45, 7) is 1.86. The number of amides is 1. The molecule has 3 aromatic rings. The largest absolute Gasteiger partial charge is 0.342 e. The summed E-state index contributed by atoms with van der Waals surface area (Å²) in [5.74, 6) is 0.998. The average Bonchev–Trinajstić information content (AvgIpc) is 3.38. The highest BCUT2D eigenvalue weighted by atomic mass is 16.1. The Kier molecular flexibility index (Phi) is 3.93. The first-order valence-corrected chi connectivity index (χ1v) is 8.18. The Bertz CT molecular complexity index is 872. The maximum Gasteiger partial charge on any atom is 0.254 e. The predicted molar refractivity (Wildman–Crippen MR) is 89.4 cm³/mol. The van der Waals surface area contributed by atoms with E-state index in [0.29, 0.717) is 23.3 Å². The molecule has 1 aromatic carbocycles. The van der Waals surface area contributed by atoms with Gasteiger partial charge in [-0.15, -0.1) is 5.10 Å². The first-order chi connectivity index (χ1) is 12.2. The van der Waals surface area contributed by atoms with Crippen molar-refractivity contribution >= 4 is 5.91 Å². The fraction of sp³-hybridized carbons (Fsp3) is 0.294. The van der Waals surface area contributed by atoms with Crippen LogP contribution in [0.25, 0.3) is 11.4 Å². The zero-order valence-corrected chi connectivity index (χ0v) is 13.7. The standard InChI is InChI=1S/C17H17N7O/c1-11(16-21-22-23-24(16)14-7-8-14)20-17(25)13-9-18-15(19-10-13)12-5-3-2-4-6-12/h2-6,9-11,14H,7-8H2,1H3,(H,20,25)/t11-/m0/s1. The van der Waals surface area contributed by atoms with Gasteiger partial charge >= 0.3 is 0 Å². The normalized spacial score (nSPS) is 14.9. The summed E-state index contributed by atoms with van der Waals surface area (Å²) in [6, 6.07) is 9.69. The van der Waals surface area contributed by atoms with E-state index in [0.717, 1.165) is 18.4 Å². The van der Waals surface area contributed by atoms with E-state index in [2.05, 4.69) is 30.8 Å². The van der Waals surface area contributed by atoms with Crippen LogP contribution in [0, 0.1) is 0 Å². The second-order valence-corrected chi connectivity index (χ2v) is 6.07. The summed E-state index contributed by atoms with van der Waals surface area (Å²) in [5, 5.41) is 14.7. The molecule has 1 aliphatic rings. The van der Waals surface area contributed by atoms with E-state index in [1.54, 1.807) is 4.68 Å². The van der Waals surface area contributed by atoms with Gasteiger partial charge in [0.05, 0.1) is 17.6 Å². The van der Waals surface area contributed by atoms with Crippen molar-refractivity contribution in [3.8, 4) is 11.4 Å². The van der Waals surface area contributed by atoms with Crippen LogP contribution in [-0.2, 0) is 0 Å². The van der Waals surface area contributed by atoms with Crippen LogP contribution in [0.2, 0.25) is 0 Å². The van der Waals surface area contributed by atoms with Gasteiger partial charge in [-0.1, -0.05) is 30.3 Å². The van der Waals surface area contributed by atoms with E-state index >= 15 is 0 Å². The highest BCUT2D eigenvalue weighted by Gasteiger charge is 2.30. The Balaban J connectivity index is 1.46. The van der Waals surface area contributed by atoms with Crippen molar-refractivity contribution in [2.75, 3.05) is 0 Å². The molecule has 2 heterocycles. The number of aromatic nitrogens is 6. The Hall–Kier alpha value is -3.16. The lowest BCUT2D eigenvalue weighted by atomic mass is 10.2. The molecule has 0 saturated heterocycles. The van der Waals surface area contributed by atoms with E-state index in [4.69, 9.17) is 0 Å². The molecule has 126 valence electrons. The molecule has 0 radical (unpaired) electrons. The molecular formula is C17H17N7O. The lowest BCUT2D eigenvalue weighted by Crippen LogP contribution is -2.29. The van der Waals surface area contributed by atoms with Gasteiger partial charge in [0.1, 0.15) is 0 Å². The molecule has 1 saturated carbocycles. The summed E-state index contributed by atoms with van der Waals surface area (Å²) in [7, 11) is 0. The van der Waals surface area contributed by atoms with Gasteiger partial charge in [-0.25, -0.2) is 14.6 Å². The number of rotatable bonds is 5. The molecule has 25 heavy (non-hydrogen) atoms. The van der Waals surface area contributed by atoms with Crippen molar-refractivity contribution in [3.05, 3.63) is 54.1 Å². The van der Waals surface area contributed by atoms with Crippen molar-refractivity contribution in [2.45, 2.75) is 31.8 Å². The monoisotopic (exact) mass is 335 g/mol.